The van der Waals surface area contributed by atoms with Gasteiger partial charge in [0, 0.05) is 6.04 Å². The van der Waals surface area contributed by atoms with Gasteiger partial charge in [0.05, 0.1) is 12.7 Å². The minimum Gasteiger partial charge on any atom is -0.382 e. The van der Waals surface area contributed by atoms with Crippen LogP contribution in [0.25, 0.3) is 22.3 Å². The van der Waals surface area contributed by atoms with Gasteiger partial charge in [-0.1, -0.05) is 19.3 Å². The molecule has 0 aromatic carbocycles. The molecule has 1 fully saturated rings. The third-order valence-electron chi connectivity index (χ3n) is 4.49. The Morgan fingerprint density at radius 2 is 1.46 bits per heavy atom. The third kappa shape index (κ3) is 4.07. The lowest BCUT2D eigenvalue weighted by Crippen LogP contribution is -2.23. The van der Waals surface area contributed by atoms with Crippen molar-refractivity contribution in [2.75, 3.05) is 11.1 Å². The maximum atomic E-state index is 5.88. The highest BCUT2D eigenvalue weighted by Gasteiger charge is 2.16. The molecule has 0 radical (unpaired) electrons. The van der Waals surface area contributed by atoms with Crippen LogP contribution in [0.4, 0.5) is 11.6 Å². The number of nitrogens with two attached hydrogens (primary N) is 1. The van der Waals surface area contributed by atoms with Crippen LogP contribution in [0.15, 0.2) is 12.7 Å². The summed E-state index contributed by atoms with van der Waals surface area (Å²) in [5.74, 6) is 1.09. The summed E-state index contributed by atoms with van der Waals surface area (Å²) >= 11 is 11.4. The highest BCUT2D eigenvalue weighted by atomic mass is 35.5. The maximum absolute atomic E-state index is 5.88. The molecule has 0 spiro atoms. The highest BCUT2D eigenvalue weighted by molar-refractivity contribution is 6.29. The number of aromatic amines is 2. The van der Waals surface area contributed by atoms with E-state index in [2.05, 4.69) is 45.2 Å². The molecular formula is C16H18Cl2N10. The van der Waals surface area contributed by atoms with Crippen molar-refractivity contribution in [3.05, 3.63) is 23.2 Å². The van der Waals surface area contributed by atoms with Gasteiger partial charge in [0.15, 0.2) is 22.9 Å². The molecule has 5 N–H and O–H groups in total. The highest BCUT2D eigenvalue weighted by Crippen LogP contribution is 2.24. The van der Waals surface area contributed by atoms with Crippen LogP contribution in [-0.2, 0) is 0 Å². The first-order valence-electron chi connectivity index (χ1n) is 8.85. The number of aromatic nitrogens is 8. The SMILES string of the molecule is Clc1nc(NC2CCCCC2)c2[nH]cnc2n1.Nc1nc(Cl)nc2nc[nH]c12. The lowest BCUT2D eigenvalue weighted by Gasteiger charge is -2.23. The van der Waals surface area contributed by atoms with Gasteiger partial charge in [-0.3, -0.25) is 0 Å². The van der Waals surface area contributed by atoms with Gasteiger partial charge >= 0.3 is 0 Å². The number of anilines is 2. The van der Waals surface area contributed by atoms with E-state index >= 15 is 0 Å². The van der Waals surface area contributed by atoms with E-state index in [1.54, 1.807) is 6.33 Å². The van der Waals surface area contributed by atoms with Crippen molar-refractivity contribution in [1.82, 2.24) is 39.9 Å². The number of nitrogen functional groups attached to an aromatic ring is 1. The van der Waals surface area contributed by atoms with Crippen molar-refractivity contribution in [3.8, 4) is 0 Å². The molecule has 4 aromatic rings. The van der Waals surface area contributed by atoms with Crippen molar-refractivity contribution in [2.45, 2.75) is 38.1 Å². The summed E-state index contributed by atoms with van der Waals surface area (Å²) in [4.78, 5) is 29.7. The van der Waals surface area contributed by atoms with Gasteiger partial charge in [0.1, 0.15) is 11.0 Å². The number of halogens is 2. The molecule has 1 aliphatic carbocycles. The second-order valence-electron chi connectivity index (χ2n) is 6.40. The molecule has 0 atom stereocenters. The third-order valence-corrected chi connectivity index (χ3v) is 4.83. The van der Waals surface area contributed by atoms with Crippen molar-refractivity contribution < 1.29 is 0 Å². The van der Waals surface area contributed by atoms with Gasteiger partial charge in [-0.15, -0.1) is 0 Å². The van der Waals surface area contributed by atoms with E-state index in [1.807, 2.05) is 0 Å². The van der Waals surface area contributed by atoms with E-state index < -0.39 is 0 Å². The zero-order valence-corrected chi connectivity index (χ0v) is 16.3. The molecular weight excluding hydrogens is 403 g/mol. The number of nitrogens with zero attached hydrogens (tertiary/aromatic N) is 6. The quantitative estimate of drug-likeness (QED) is 0.360. The smallest absolute Gasteiger partial charge is 0.226 e. The molecule has 4 heterocycles. The van der Waals surface area contributed by atoms with E-state index in [0.29, 0.717) is 28.7 Å². The minimum absolute atomic E-state index is 0.113. The molecule has 1 saturated carbocycles. The lowest BCUT2D eigenvalue weighted by molar-refractivity contribution is 0.462. The number of H-pyrrole nitrogens is 2. The Balaban J connectivity index is 0.000000151. The Hall–Kier alpha value is -2.72. The van der Waals surface area contributed by atoms with E-state index in [4.69, 9.17) is 28.9 Å². The Labute approximate surface area is 169 Å². The first-order valence-corrected chi connectivity index (χ1v) is 9.61. The molecule has 0 bridgehead atoms. The van der Waals surface area contributed by atoms with Crippen LogP contribution in [0.3, 0.4) is 0 Å². The fourth-order valence-corrected chi connectivity index (χ4v) is 3.52. The van der Waals surface area contributed by atoms with E-state index in [-0.39, 0.29) is 10.6 Å². The van der Waals surface area contributed by atoms with E-state index in [0.717, 1.165) is 11.3 Å². The van der Waals surface area contributed by atoms with Crippen LogP contribution in [-0.4, -0.2) is 45.9 Å². The van der Waals surface area contributed by atoms with Crippen molar-refractivity contribution in [3.63, 3.8) is 0 Å². The zero-order valence-electron chi connectivity index (χ0n) is 14.8. The molecule has 0 amide bonds. The number of fused-ring (bicyclic) bond motifs is 2. The average Bonchev–Trinajstić information content (AvgIpc) is 3.32. The van der Waals surface area contributed by atoms with Crippen LogP contribution in [0.2, 0.25) is 10.6 Å². The summed E-state index contributed by atoms with van der Waals surface area (Å²) in [7, 11) is 0. The average molecular weight is 421 g/mol. The summed E-state index contributed by atoms with van der Waals surface area (Å²) in [6.07, 6.45) is 9.38. The van der Waals surface area contributed by atoms with Gasteiger partial charge < -0.3 is 21.0 Å². The van der Waals surface area contributed by atoms with Gasteiger partial charge in [0.25, 0.3) is 0 Å². The summed E-state index contributed by atoms with van der Waals surface area (Å²) in [6.45, 7) is 0. The topological polar surface area (TPSA) is 147 Å². The zero-order chi connectivity index (χ0) is 19.5. The molecule has 4 aromatic heterocycles. The van der Waals surface area contributed by atoms with E-state index in [1.165, 1.54) is 38.4 Å². The Kier molecular flexibility index (Phi) is 5.40. The predicted molar refractivity (Wildman–Crippen MR) is 108 cm³/mol. The summed E-state index contributed by atoms with van der Waals surface area (Å²) in [5.41, 5.74) is 8.05. The van der Waals surface area contributed by atoms with Gasteiger partial charge in [0.2, 0.25) is 10.6 Å². The monoisotopic (exact) mass is 420 g/mol. The van der Waals surface area contributed by atoms with Crippen LogP contribution < -0.4 is 11.1 Å². The molecule has 0 aliphatic heterocycles. The Morgan fingerprint density at radius 1 is 0.857 bits per heavy atom. The number of imidazole rings is 2. The Morgan fingerprint density at radius 3 is 2.18 bits per heavy atom. The predicted octanol–water partition coefficient (Wildman–Crippen LogP) is 3.34. The molecule has 0 unspecified atom stereocenters. The van der Waals surface area contributed by atoms with Gasteiger partial charge in [-0.05, 0) is 36.0 Å². The first kappa shape index (κ1) is 18.6. The van der Waals surface area contributed by atoms with Crippen LogP contribution in [0.1, 0.15) is 32.1 Å². The summed E-state index contributed by atoms with van der Waals surface area (Å²) < 4.78 is 0. The summed E-state index contributed by atoms with van der Waals surface area (Å²) in [6, 6.07) is 0.487. The van der Waals surface area contributed by atoms with Crippen molar-refractivity contribution in [2.24, 2.45) is 0 Å². The number of hydrogen-bond donors (Lipinski definition) is 4. The Bertz CT molecular complexity index is 1090. The van der Waals surface area contributed by atoms with Crippen molar-refractivity contribution in [1.29, 1.82) is 0 Å². The van der Waals surface area contributed by atoms with Gasteiger partial charge in [-0.25, -0.2) is 9.97 Å². The number of rotatable bonds is 2. The molecule has 10 nitrogen and oxygen atoms in total. The standard InChI is InChI=1S/C11H14ClN5.C5H4ClN5/c12-11-16-9-8(13-6-14-9)10(17-11)15-7-4-2-1-3-5-7;6-5-10-3(7)2-4(11-5)9-1-8-2/h6-7H,1-5H2,(H2,13,14,15,16,17);1H,(H3,7,8,9,10,11). The number of hydrogen-bond acceptors (Lipinski definition) is 8. The fourth-order valence-electron chi connectivity index (χ4n) is 3.18. The molecule has 0 saturated heterocycles. The second kappa shape index (κ2) is 8.11. The first-order chi connectivity index (χ1) is 13.6. The molecule has 12 heteroatoms. The minimum atomic E-state index is 0.113. The largest absolute Gasteiger partial charge is 0.382 e. The lowest BCUT2D eigenvalue weighted by atomic mass is 9.95. The van der Waals surface area contributed by atoms with Crippen LogP contribution in [0.5, 0.6) is 0 Å². The number of nitrogens with one attached hydrogen (secondary N) is 3. The maximum Gasteiger partial charge on any atom is 0.226 e. The molecule has 146 valence electrons. The van der Waals surface area contributed by atoms with Crippen molar-refractivity contribution >= 4 is 57.2 Å². The molecule has 1 aliphatic rings. The fraction of sp³-hybridized carbons (Fsp3) is 0.375. The van der Waals surface area contributed by atoms with Gasteiger partial charge in [-0.2, -0.15) is 19.9 Å². The molecule has 5 rings (SSSR count). The summed E-state index contributed by atoms with van der Waals surface area (Å²) in [5, 5.41) is 3.80. The van der Waals surface area contributed by atoms with Crippen LogP contribution >= 0.6 is 23.2 Å². The normalized spacial score (nSPS) is 14.8. The van der Waals surface area contributed by atoms with Crippen LogP contribution in [0, 0.1) is 0 Å². The van der Waals surface area contributed by atoms with E-state index in [9.17, 15) is 0 Å². The molecule has 28 heavy (non-hydrogen) atoms. The second-order valence-corrected chi connectivity index (χ2v) is 7.08.